The van der Waals surface area contributed by atoms with Crippen LogP contribution in [0.1, 0.15) is 16.8 Å². The van der Waals surface area contributed by atoms with E-state index in [-0.39, 0.29) is 12.1 Å². The van der Waals surface area contributed by atoms with Crippen molar-refractivity contribution < 1.29 is 19.4 Å². The molecular formula is C12H15FN2O3. The van der Waals surface area contributed by atoms with Crippen LogP contribution < -0.4 is 10.6 Å². The first-order valence-electron chi connectivity index (χ1n) is 5.70. The van der Waals surface area contributed by atoms with Crippen LogP contribution in [-0.4, -0.2) is 41.4 Å². The number of hydrogen-bond acceptors (Lipinski definition) is 4. The normalized spacial score (nSPS) is 23.0. The molecule has 0 radical (unpaired) electrons. The molecule has 1 saturated heterocycles. The van der Waals surface area contributed by atoms with Crippen LogP contribution >= 0.6 is 0 Å². The number of benzene rings is 1. The van der Waals surface area contributed by atoms with E-state index in [0.717, 1.165) is 12.1 Å². The molecule has 1 unspecified atom stereocenters. The van der Waals surface area contributed by atoms with Crippen molar-refractivity contribution in [1.29, 1.82) is 0 Å². The first kappa shape index (κ1) is 12.8. The standard InChI is InChI=1S/C12H15FN2O3/c13-9-2-1-8(5-10(9)16)11(17)15-7-12(18)3-4-14-6-12/h1-2,5,14,16,18H,3-4,6-7H2,(H,15,17). The number of nitrogens with one attached hydrogen (secondary N) is 2. The molecular weight excluding hydrogens is 239 g/mol. The summed E-state index contributed by atoms with van der Waals surface area (Å²) in [4.78, 5) is 11.7. The van der Waals surface area contributed by atoms with Gasteiger partial charge in [-0.2, -0.15) is 0 Å². The molecule has 0 aromatic heterocycles. The van der Waals surface area contributed by atoms with Crippen LogP contribution in [0.15, 0.2) is 18.2 Å². The van der Waals surface area contributed by atoms with Crippen LogP contribution in [0.5, 0.6) is 5.75 Å². The fourth-order valence-electron chi connectivity index (χ4n) is 1.88. The van der Waals surface area contributed by atoms with Crippen molar-refractivity contribution in [3.05, 3.63) is 29.6 Å². The molecule has 6 heteroatoms. The number of phenols is 1. The fraction of sp³-hybridized carbons (Fsp3) is 0.417. The molecule has 0 aliphatic carbocycles. The molecule has 0 bridgehead atoms. The Hall–Kier alpha value is -1.66. The zero-order valence-corrected chi connectivity index (χ0v) is 9.74. The largest absolute Gasteiger partial charge is 0.505 e. The summed E-state index contributed by atoms with van der Waals surface area (Å²) in [5, 5.41) is 24.7. The molecule has 1 amide bonds. The van der Waals surface area contributed by atoms with Gasteiger partial charge in [-0.05, 0) is 31.2 Å². The molecule has 98 valence electrons. The lowest BCUT2D eigenvalue weighted by molar-refractivity contribution is 0.0562. The smallest absolute Gasteiger partial charge is 0.251 e. The van der Waals surface area contributed by atoms with E-state index in [2.05, 4.69) is 10.6 Å². The van der Waals surface area contributed by atoms with E-state index >= 15 is 0 Å². The van der Waals surface area contributed by atoms with Gasteiger partial charge in [0.15, 0.2) is 11.6 Å². The van der Waals surface area contributed by atoms with Gasteiger partial charge in [-0.25, -0.2) is 4.39 Å². The second-order valence-corrected chi connectivity index (χ2v) is 4.50. The summed E-state index contributed by atoms with van der Waals surface area (Å²) in [6.45, 7) is 1.27. The van der Waals surface area contributed by atoms with Crippen LogP contribution in [0.3, 0.4) is 0 Å². The van der Waals surface area contributed by atoms with Crippen molar-refractivity contribution >= 4 is 5.91 Å². The topological polar surface area (TPSA) is 81.6 Å². The number of phenolic OH excluding ortho intramolecular Hbond substituents is 1. The minimum Gasteiger partial charge on any atom is -0.505 e. The maximum absolute atomic E-state index is 12.8. The summed E-state index contributed by atoms with van der Waals surface area (Å²) in [6, 6.07) is 3.36. The molecule has 1 atom stereocenters. The van der Waals surface area contributed by atoms with Crippen molar-refractivity contribution in [3.63, 3.8) is 0 Å². The third kappa shape index (κ3) is 2.77. The maximum atomic E-state index is 12.8. The Morgan fingerprint density at radius 3 is 2.94 bits per heavy atom. The summed E-state index contributed by atoms with van der Waals surface area (Å²) in [7, 11) is 0. The summed E-state index contributed by atoms with van der Waals surface area (Å²) in [5.41, 5.74) is -0.777. The van der Waals surface area contributed by atoms with E-state index < -0.39 is 23.1 Å². The van der Waals surface area contributed by atoms with Crippen LogP contribution in [-0.2, 0) is 0 Å². The number of halogens is 1. The van der Waals surface area contributed by atoms with Crippen molar-refractivity contribution in [2.75, 3.05) is 19.6 Å². The lowest BCUT2D eigenvalue weighted by Crippen LogP contribution is -2.44. The molecule has 18 heavy (non-hydrogen) atoms. The first-order valence-corrected chi connectivity index (χ1v) is 5.70. The first-order chi connectivity index (χ1) is 8.50. The molecule has 1 aliphatic rings. The van der Waals surface area contributed by atoms with Gasteiger partial charge in [-0.1, -0.05) is 0 Å². The summed E-state index contributed by atoms with van der Waals surface area (Å²) in [6.07, 6.45) is 0.571. The number of aliphatic hydroxyl groups is 1. The van der Waals surface area contributed by atoms with Gasteiger partial charge in [0, 0.05) is 18.7 Å². The Bertz CT molecular complexity index is 459. The van der Waals surface area contributed by atoms with Gasteiger partial charge in [0.05, 0.1) is 5.60 Å². The molecule has 5 nitrogen and oxygen atoms in total. The van der Waals surface area contributed by atoms with Crippen molar-refractivity contribution in [2.45, 2.75) is 12.0 Å². The molecule has 1 fully saturated rings. The van der Waals surface area contributed by atoms with Gasteiger partial charge >= 0.3 is 0 Å². The second-order valence-electron chi connectivity index (χ2n) is 4.50. The molecule has 4 N–H and O–H groups in total. The third-order valence-electron chi connectivity index (χ3n) is 3.01. The molecule has 1 aromatic carbocycles. The Labute approximate surface area is 104 Å². The molecule has 1 heterocycles. The van der Waals surface area contributed by atoms with E-state index in [9.17, 15) is 14.3 Å². The number of β-amino-alcohol motifs (C(OH)–C–C–N with tert-alkyl or cyclic N) is 1. The minimum absolute atomic E-state index is 0.122. The van der Waals surface area contributed by atoms with Crippen LogP contribution in [0.2, 0.25) is 0 Å². The van der Waals surface area contributed by atoms with E-state index in [1.807, 2.05) is 0 Å². The zero-order valence-electron chi connectivity index (χ0n) is 9.74. The lowest BCUT2D eigenvalue weighted by atomic mass is 10.0. The van der Waals surface area contributed by atoms with Crippen molar-refractivity contribution in [1.82, 2.24) is 10.6 Å². The van der Waals surface area contributed by atoms with Crippen molar-refractivity contribution in [3.8, 4) is 5.75 Å². The highest BCUT2D eigenvalue weighted by atomic mass is 19.1. The molecule has 1 aliphatic heterocycles. The number of carbonyl (C=O) groups excluding carboxylic acids is 1. The van der Waals surface area contributed by atoms with E-state index in [1.165, 1.54) is 6.07 Å². The highest BCUT2D eigenvalue weighted by molar-refractivity contribution is 5.94. The molecule has 0 saturated carbocycles. The Kier molecular flexibility index (Phi) is 3.49. The lowest BCUT2D eigenvalue weighted by Gasteiger charge is -2.21. The highest BCUT2D eigenvalue weighted by Gasteiger charge is 2.31. The number of hydrogen-bond donors (Lipinski definition) is 4. The van der Waals surface area contributed by atoms with Gasteiger partial charge in [0.25, 0.3) is 5.91 Å². The van der Waals surface area contributed by atoms with E-state index in [1.54, 1.807) is 0 Å². The van der Waals surface area contributed by atoms with Gasteiger partial charge in [-0.15, -0.1) is 0 Å². The highest BCUT2D eigenvalue weighted by Crippen LogP contribution is 2.17. The number of amides is 1. The quantitative estimate of drug-likeness (QED) is 0.611. The second kappa shape index (κ2) is 4.91. The fourth-order valence-corrected chi connectivity index (χ4v) is 1.88. The number of aromatic hydroxyl groups is 1. The third-order valence-corrected chi connectivity index (χ3v) is 3.01. The van der Waals surface area contributed by atoms with Gasteiger partial charge < -0.3 is 20.8 Å². The summed E-state index contributed by atoms with van der Waals surface area (Å²) < 4.78 is 12.8. The van der Waals surface area contributed by atoms with Gasteiger partial charge in [-0.3, -0.25) is 4.79 Å². The van der Waals surface area contributed by atoms with Crippen LogP contribution in [0.4, 0.5) is 4.39 Å². The predicted octanol–water partition coefficient (Wildman–Crippen LogP) is -0.0145. The Morgan fingerprint density at radius 2 is 2.33 bits per heavy atom. The van der Waals surface area contributed by atoms with Gasteiger partial charge in [0.2, 0.25) is 0 Å². The van der Waals surface area contributed by atoms with Crippen LogP contribution in [0, 0.1) is 5.82 Å². The molecule has 0 spiro atoms. The monoisotopic (exact) mass is 254 g/mol. The predicted molar refractivity (Wildman–Crippen MR) is 62.8 cm³/mol. The average molecular weight is 254 g/mol. The molecule has 2 rings (SSSR count). The summed E-state index contributed by atoms with van der Waals surface area (Å²) in [5.74, 6) is -1.79. The molecule has 1 aromatic rings. The summed E-state index contributed by atoms with van der Waals surface area (Å²) >= 11 is 0. The number of rotatable bonds is 3. The Balaban J connectivity index is 1.97. The zero-order chi connectivity index (χ0) is 13.2. The maximum Gasteiger partial charge on any atom is 0.251 e. The minimum atomic E-state index is -0.933. The van der Waals surface area contributed by atoms with Gasteiger partial charge in [0.1, 0.15) is 0 Å². The average Bonchev–Trinajstić information content (AvgIpc) is 2.77. The van der Waals surface area contributed by atoms with E-state index in [4.69, 9.17) is 5.11 Å². The van der Waals surface area contributed by atoms with Crippen LogP contribution in [0.25, 0.3) is 0 Å². The van der Waals surface area contributed by atoms with E-state index in [0.29, 0.717) is 19.5 Å². The number of carbonyl (C=O) groups is 1. The SMILES string of the molecule is O=C(NCC1(O)CCNC1)c1ccc(F)c(O)c1. The van der Waals surface area contributed by atoms with Crippen molar-refractivity contribution in [2.24, 2.45) is 0 Å². The Morgan fingerprint density at radius 1 is 1.56 bits per heavy atom.